The van der Waals surface area contributed by atoms with Crippen LogP contribution in [0.3, 0.4) is 0 Å². The molecule has 2 aromatic carbocycles. The van der Waals surface area contributed by atoms with E-state index in [1.165, 1.54) is 11.1 Å². The summed E-state index contributed by atoms with van der Waals surface area (Å²) in [7, 11) is 0. The molecule has 10 heteroatoms. The minimum Gasteiger partial charge on any atom is -0.383 e. The van der Waals surface area contributed by atoms with Crippen LogP contribution in [0.4, 0.5) is 20.4 Å². The van der Waals surface area contributed by atoms with Gasteiger partial charge in [0.05, 0.1) is 33.2 Å². The Hall–Kier alpha value is -4.86. The second kappa shape index (κ2) is 11.6. The SMILES string of the molecule is CC(C)(C)c1ccc(-c2nc3cc(F)c(F)cc3[nH]2)c(N)n1.CCC(C)(C)c1ccc(-c2nc3cc(C)c(C)cc3[nH]2)c(N)n1. The van der Waals surface area contributed by atoms with E-state index < -0.39 is 11.6 Å². The molecule has 0 saturated heterocycles. The van der Waals surface area contributed by atoms with E-state index in [0.29, 0.717) is 34.1 Å². The van der Waals surface area contributed by atoms with Gasteiger partial charge in [0, 0.05) is 34.4 Å². The van der Waals surface area contributed by atoms with Crippen molar-refractivity contribution in [3.63, 3.8) is 0 Å². The number of nitrogens with two attached hydrogens (primary N) is 2. The molecule has 8 nitrogen and oxygen atoms in total. The van der Waals surface area contributed by atoms with Crippen LogP contribution in [0.1, 0.15) is 70.5 Å². The first-order valence-electron chi connectivity index (χ1n) is 14.9. The molecule has 4 aromatic heterocycles. The first kappa shape index (κ1) is 31.6. The van der Waals surface area contributed by atoms with Gasteiger partial charge in [0.2, 0.25) is 0 Å². The molecule has 0 aliphatic carbocycles. The number of aromatic amines is 2. The fourth-order valence-electron chi connectivity index (χ4n) is 4.86. The summed E-state index contributed by atoms with van der Waals surface area (Å²) in [5, 5.41) is 0. The van der Waals surface area contributed by atoms with Crippen molar-refractivity contribution in [1.82, 2.24) is 29.9 Å². The number of hydrogen-bond donors (Lipinski definition) is 4. The molecule has 6 rings (SSSR count). The van der Waals surface area contributed by atoms with E-state index in [0.717, 1.165) is 52.4 Å². The molecular weight excluding hydrogens is 570 g/mol. The molecule has 0 fully saturated rings. The number of nitrogen functional groups attached to an aromatic ring is 2. The zero-order valence-electron chi connectivity index (χ0n) is 27.0. The van der Waals surface area contributed by atoms with Crippen LogP contribution in [-0.4, -0.2) is 29.9 Å². The summed E-state index contributed by atoms with van der Waals surface area (Å²) in [6, 6.07) is 14.1. The van der Waals surface area contributed by atoms with E-state index in [1.54, 1.807) is 0 Å². The van der Waals surface area contributed by atoms with Gasteiger partial charge in [-0.05, 0) is 67.8 Å². The number of nitrogens with zero attached hydrogens (tertiary/aromatic N) is 4. The van der Waals surface area contributed by atoms with Crippen molar-refractivity contribution in [2.24, 2.45) is 0 Å². The highest BCUT2D eigenvalue weighted by Crippen LogP contribution is 2.31. The Labute approximate surface area is 261 Å². The van der Waals surface area contributed by atoms with Crippen molar-refractivity contribution in [3.8, 4) is 22.8 Å². The van der Waals surface area contributed by atoms with Crippen LogP contribution >= 0.6 is 0 Å². The monoisotopic (exact) mass is 610 g/mol. The fourth-order valence-corrected chi connectivity index (χ4v) is 4.86. The van der Waals surface area contributed by atoms with Crippen LogP contribution < -0.4 is 11.5 Å². The van der Waals surface area contributed by atoms with E-state index >= 15 is 0 Å². The molecule has 0 aliphatic rings. The van der Waals surface area contributed by atoms with E-state index in [9.17, 15) is 8.78 Å². The third-order valence-electron chi connectivity index (χ3n) is 8.33. The van der Waals surface area contributed by atoms with E-state index in [4.69, 9.17) is 11.5 Å². The van der Waals surface area contributed by atoms with Gasteiger partial charge in [-0.15, -0.1) is 0 Å². The Morgan fingerprint density at radius 2 is 1.11 bits per heavy atom. The van der Waals surface area contributed by atoms with Crippen LogP contribution in [-0.2, 0) is 10.8 Å². The summed E-state index contributed by atoms with van der Waals surface area (Å²) >= 11 is 0. The van der Waals surface area contributed by atoms with Crippen LogP contribution in [0, 0.1) is 25.5 Å². The Bertz CT molecular complexity index is 1950. The third kappa shape index (κ3) is 6.36. The summed E-state index contributed by atoms with van der Waals surface area (Å²) in [5.74, 6) is 0.210. The molecule has 6 N–H and O–H groups in total. The lowest BCUT2D eigenvalue weighted by atomic mass is 9.86. The molecule has 0 amide bonds. The molecule has 0 spiro atoms. The highest BCUT2D eigenvalue weighted by Gasteiger charge is 2.22. The zero-order valence-corrected chi connectivity index (χ0v) is 27.0. The number of fused-ring (bicyclic) bond motifs is 2. The lowest BCUT2D eigenvalue weighted by Crippen LogP contribution is -2.18. The molecule has 0 unspecified atom stereocenters. The molecule has 234 valence electrons. The van der Waals surface area contributed by atoms with Gasteiger partial charge in [0.1, 0.15) is 23.3 Å². The third-order valence-corrected chi connectivity index (χ3v) is 8.33. The molecular formula is C35H40F2N8. The quantitative estimate of drug-likeness (QED) is 0.159. The highest BCUT2D eigenvalue weighted by molar-refractivity contribution is 5.83. The summed E-state index contributed by atoms with van der Waals surface area (Å²) < 4.78 is 26.5. The number of halogens is 2. The summed E-state index contributed by atoms with van der Waals surface area (Å²) in [6.07, 6.45) is 1.02. The average Bonchev–Trinajstić information content (AvgIpc) is 3.56. The number of benzene rings is 2. The Kier molecular flexibility index (Phi) is 8.12. The minimum absolute atomic E-state index is 0.0226. The van der Waals surface area contributed by atoms with Crippen molar-refractivity contribution >= 4 is 33.7 Å². The van der Waals surface area contributed by atoms with Gasteiger partial charge in [0.15, 0.2) is 11.6 Å². The van der Waals surface area contributed by atoms with Gasteiger partial charge in [-0.3, -0.25) is 0 Å². The van der Waals surface area contributed by atoms with E-state index in [1.807, 2.05) is 39.0 Å². The van der Waals surface area contributed by atoms with Gasteiger partial charge < -0.3 is 21.4 Å². The van der Waals surface area contributed by atoms with Gasteiger partial charge in [-0.1, -0.05) is 41.5 Å². The van der Waals surface area contributed by atoms with Gasteiger partial charge >= 0.3 is 0 Å². The summed E-state index contributed by atoms with van der Waals surface area (Å²) in [4.78, 5) is 24.3. The van der Waals surface area contributed by atoms with E-state index in [2.05, 4.69) is 82.7 Å². The van der Waals surface area contributed by atoms with Crippen molar-refractivity contribution < 1.29 is 8.78 Å². The largest absolute Gasteiger partial charge is 0.383 e. The van der Waals surface area contributed by atoms with Crippen LogP contribution in [0.25, 0.3) is 44.8 Å². The molecule has 0 saturated carbocycles. The van der Waals surface area contributed by atoms with Crippen molar-refractivity contribution in [2.45, 2.75) is 72.6 Å². The molecule has 6 aromatic rings. The predicted octanol–water partition coefficient (Wildman–Crippen LogP) is 8.29. The lowest BCUT2D eigenvalue weighted by Gasteiger charge is -2.22. The summed E-state index contributed by atoms with van der Waals surface area (Å²) in [6.45, 7) is 16.9. The van der Waals surface area contributed by atoms with Gasteiger partial charge in [-0.2, -0.15) is 0 Å². The average molecular weight is 611 g/mol. The maximum absolute atomic E-state index is 13.3. The Morgan fingerprint density at radius 1 is 0.644 bits per heavy atom. The maximum Gasteiger partial charge on any atom is 0.161 e. The van der Waals surface area contributed by atoms with Crippen LogP contribution in [0.2, 0.25) is 0 Å². The standard InChI is InChI=1S/C19H24N4.C16H16F2N4/c1-6-19(4,5)16-8-7-13(17(20)23-16)18-21-14-9-11(2)12(3)10-15(14)22-18;1-16(2,3)13-5-4-8(14(19)22-13)15-20-11-6-9(17)10(18)7-12(11)21-15/h7-10H,6H2,1-5H3,(H2,20,23)(H,21,22);4-7H,1-3H3,(H2,19,22)(H,20,21). The Morgan fingerprint density at radius 3 is 1.64 bits per heavy atom. The van der Waals surface area contributed by atoms with Crippen LogP contribution in [0.15, 0.2) is 48.5 Å². The van der Waals surface area contributed by atoms with E-state index in [-0.39, 0.29) is 10.8 Å². The first-order chi connectivity index (χ1) is 21.1. The Balaban J connectivity index is 0.000000178. The number of rotatable bonds is 4. The smallest absolute Gasteiger partial charge is 0.161 e. The zero-order chi connectivity index (χ0) is 32.8. The predicted molar refractivity (Wildman–Crippen MR) is 179 cm³/mol. The minimum atomic E-state index is -0.931. The summed E-state index contributed by atoms with van der Waals surface area (Å²) in [5.41, 5.74) is 20.7. The normalized spacial score (nSPS) is 12.0. The maximum atomic E-state index is 13.3. The van der Waals surface area contributed by atoms with Crippen molar-refractivity contribution in [3.05, 3.63) is 82.7 Å². The highest BCUT2D eigenvalue weighted by atomic mass is 19.2. The topological polar surface area (TPSA) is 135 Å². The second-order valence-corrected chi connectivity index (χ2v) is 13.2. The van der Waals surface area contributed by atoms with Gasteiger partial charge in [0.25, 0.3) is 0 Å². The fraction of sp³-hybridized carbons (Fsp3) is 0.314. The van der Waals surface area contributed by atoms with Crippen LogP contribution in [0.5, 0.6) is 0 Å². The molecule has 0 bridgehead atoms. The van der Waals surface area contributed by atoms with Crippen molar-refractivity contribution in [2.75, 3.05) is 11.5 Å². The number of imidazole rings is 2. The van der Waals surface area contributed by atoms with Crippen molar-refractivity contribution in [1.29, 1.82) is 0 Å². The molecule has 0 radical (unpaired) electrons. The lowest BCUT2D eigenvalue weighted by molar-refractivity contribution is 0.491. The second-order valence-electron chi connectivity index (χ2n) is 13.2. The molecule has 4 heterocycles. The number of aromatic nitrogens is 6. The number of nitrogens with one attached hydrogen (secondary N) is 2. The molecule has 0 atom stereocenters. The van der Waals surface area contributed by atoms with Gasteiger partial charge in [-0.25, -0.2) is 28.7 Å². The number of anilines is 2. The molecule has 45 heavy (non-hydrogen) atoms. The number of H-pyrrole nitrogens is 2. The first-order valence-corrected chi connectivity index (χ1v) is 14.9. The number of hydrogen-bond acceptors (Lipinski definition) is 6. The molecule has 0 aliphatic heterocycles. The number of pyridine rings is 2. The number of aryl methyl sites for hydroxylation is 2.